The summed E-state index contributed by atoms with van der Waals surface area (Å²) in [5, 5.41) is 8.83. The fraction of sp³-hybridized carbons (Fsp3) is 0.300. The first-order chi connectivity index (χ1) is 12.5. The van der Waals surface area contributed by atoms with E-state index in [1.165, 1.54) is 0 Å². The maximum absolute atomic E-state index is 12.2. The summed E-state index contributed by atoms with van der Waals surface area (Å²) in [7, 11) is 1.58. The number of methoxy groups -OCH3 is 1. The number of hydrogen-bond acceptors (Lipinski definition) is 4. The van der Waals surface area contributed by atoms with E-state index in [0.29, 0.717) is 17.9 Å². The summed E-state index contributed by atoms with van der Waals surface area (Å²) in [6, 6.07) is 12.8. The third-order valence-electron chi connectivity index (χ3n) is 3.88. The van der Waals surface area contributed by atoms with Crippen LogP contribution in [0.25, 0.3) is 0 Å². The minimum absolute atomic E-state index is 0.0106. The second kappa shape index (κ2) is 9.46. The molecule has 0 aliphatic heterocycles. The number of anilines is 3. The zero-order valence-electron chi connectivity index (χ0n) is 15.4. The second-order valence-electron chi connectivity index (χ2n) is 5.91. The van der Waals surface area contributed by atoms with E-state index in [1.54, 1.807) is 19.2 Å². The summed E-state index contributed by atoms with van der Waals surface area (Å²) < 4.78 is 5.14. The molecule has 6 nitrogen and oxygen atoms in total. The first-order valence-corrected chi connectivity index (χ1v) is 8.60. The minimum atomic E-state index is -0.168. The summed E-state index contributed by atoms with van der Waals surface area (Å²) in [4.78, 5) is 24.0. The Labute approximate surface area is 153 Å². The predicted molar refractivity (Wildman–Crippen MR) is 105 cm³/mol. The SMILES string of the molecule is CCCC(=O)Nc1cccc(NCC(=O)Nc2cccc(OC)c2)c1C. The third kappa shape index (κ3) is 5.51. The van der Waals surface area contributed by atoms with Crippen molar-refractivity contribution in [2.24, 2.45) is 0 Å². The van der Waals surface area contributed by atoms with Crippen LogP contribution in [-0.2, 0) is 9.59 Å². The standard InChI is InChI=1S/C20H25N3O3/c1-4-7-19(24)23-18-11-6-10-17(14(18)2)21-13-20(25)22-15-8-5-9-16(12-15)26-3/h5-6,8-12,21H,4,7,13H2,1-3H3,(H,22,25)(H,23,24). The molecule has 26 heavy (non-hydrogen) atoms. The number of ether oxygens (including phenoxy) is 1. The average Bonchev–Trinajstić information content (AvgIpc) is 2.63. The van der Waals surface area contributed by atoms with Crippen molar-refractivity contribution in [1.82, 2.24) is 0 Å². The Hall–Kier alpha value is -3.02. The molecule has 0 radical (unpaired) electrons. The molecule has 0 bridgehead atoms. The van der Waals surface area contributed by atoms with Gasteiger partial charge in [-0.25, -0.2) is 0 Å². The quantitative estimate of drug-likeness (QED) is 0.673. The molecule has 2 amide bonds. The van der Waals surface area contributed by atoms with Crippen LogP contribution in [0.2, 0.25) is 0 Å². The van der Waals surface area contributed by atoms with Crippen LogP contribution in [0.5, 0.6) is 5.75 Å². The zero-order chi connectivity index (χ0) is 18.9. The zero-order valence-corrected chi connectivity index (χ0v) is 15.4. The van der Waals surface area contributed by atoms with Crippen LogP contribution < -0.4 is 20.7 Å². The molecule has 0 saturated heterocycles. The molecule has 2 rings (SSSR count). The van der Waals surface area contributed by atoms with Crippen LogP contribution in [-0.4, -0.2) is 25.5 Å². The summed E-state index contributed by atoms with van der Waals surface area (Å²) in [6.45, 7) is 3.99. The van der Waals surface area contributed by atoms with Gasteiger partial charge in [-0.2, -0.15) is 0 Å². The van der Waals surface area contributed by atoms with Crippen LogP contribution in [0.4, 0.5) is 17.1 Å². The molecule has 0 heterocycles. The summed E-state index contributed by atoms with van der Waals surface area (Å²) in [6.07, 6.45) is 1.29. The van der Waals surface area contributed by atoms with Crippen molar-refractivity contribution in [2.75, 3.05) is 29.6 Å². The monoisotopic (exact) mass is 355 g/mol. The number of rotatable bonds is 8. The summed E-state index contributed by atoms with van der Waals surface area (Å²) >= 11 is 0. The number of carbonyl (C=O) groups excluding carboxylic acids is 2. The van der Waals surface area contributed by atoms with E-state index >= 15 is 0 Å². The molecule has 6 heteroatoms. The second-order valence-corrected chi connectivity index (χ2v) is 5.91. The van der Waals surface area contributed by atoms with Gasteiger partial charge < -0.3 is 20.7 Å². The molecule has 0 unspecified atom stereocenters. The molecule has 138 valence electrons. The van der Waals surface area contributed by atoms with Crippen LogP contribution >= 0.6 is 0 Å². The van der Waals surface area contributed by atoms with Crippen LogP contribution in [0.1, 0.15) is 25.3 Å². The van der Waals surface area contributed by atoms with E-state index in [-0.39, 0.29) is 18.4 Å². The first kappa shape index (κ1) is 19.3. The molecule has 0 aliphatic rings. The van der Waals surface area contributed by atoms with Crippen molar-refractivity contribution < 1.29 is 14.3 Å². The Bertz CT molecular complexity index is 775. The van der Waals surface area contributed by atoms with Crippen LogP contribution in [0.3, 0.4) is 0 Å². The van der Waals surface area contributed by atoms with Crippen LogP contribution in [0, 0.1) is 6.92 Å². The summed E-state index contributed by atoms with van der Waals surface area (Å²) in [5.74, 6) is 0.503. The minimum Gasteiger partial charge on any atom is -0.497 e. The molecule has 3 N–H and O–H groups in total. The maximum Gasteiger partial charge on any atom is 0.243 e. The lowest BCUT2D eigenvalue weighted by Crippen LogP contribution is -2.22. The molecule has 2 aromatic rings. The van der Waals surface area contributed by atoms with Gasteiger partial charge in [-0.1, -0.05) is 19.1 Å². The topological polar surface area (TPSA) is 79.5 Å². The fourth-order valence-electron chi connectivity index (χ4n) is 2.48. The summed E-state index contributed by atoms with van der Waals surface area (Å²) in [5.41, 5.74) is 3.13. The molecule has 0 spiro atoms. The van der Waals surface area contributed by atoms with Crippen molar-refractivity contribution in [3.63, 3.8) is 0 Å². The van der Waals surface area contributed by atoms with E-state index in [4.69, 9.17) is 4.74 Å². The lowest BCUT2D eigenvalue weighted by molar-refractivity contribution is -0.116. The third-order valence-corrected chi connectivity index (χ3v) is 3.88. The normalized spacial score (nSPS) is 10.1. The van der Waals surface area contributed by atoms with Crippen molar-refractivity contribution in [3.8, 4) is 5.75 Å². The van der Waals surface area contributed by atoms with Gasteiger partial charge in [0, 0.05) is 29.5 Å². The number of hydrogen-bond donors (Lipinski definition) is 3. The number of carbonyl (C=O) groups is 2. The maximum atomic E-state index is 12.2. The van der Waals surface area contributed by atoms with E-state index in [9.17, 15) is 9.59 Å². The molecular formula is C20H25N3O3. The van der Waals surface area contributed by atoms with E-state index in [1.807, 2.05) is 44.2 Å². The highest BCUT2D eigenvalue weighted by atomic mass is 16.5. The molecular weight excluding hydrogens is 330 g/mol. The van der Waals surface area contributed by atoms with Gasteiger partial charge in [-0.3, -0.25) is 9.59 Å². The van der Waals surface area contributed by atoms with Gasteiger partial charge in [-0.15, -0.1) is 0 Å². The van der Waals surface area contributed by atoms with Gasteiger partial charge in [0.05, 0.1) is 13.7 Å². The van der Waals surface area contributed by atoms with Gasteiger partial charge >= 0.3 is 0 Å². The van der Waals surface area contributed by atoms with E-state index < -0.39 is 0 Å². The van der Waals surface area contributed by atoms with E-state index in [0.717, 1.165) is 23.4 Å². The molecule has 0 atom stereocenters. The number of amides is 2. The van der Waals surface area contributed by atoms with Gasteiger partial charge in [0.25, 0.3) is 0 Å². The van der Waals surface area contributed by atoms with Gasteiger partial charge in [0.15, 0.2) is 0 Å². The molecule has 0 aliphatic carbocycles. The van der Waals surface area contributed by atoms with Gasteiger partial charge in [0.1, 0.15) is 5.75 Å². The Morgan fingerprint density at radius 3 is 2.46 bits per heavy atom. The molecule has 0 aromatic heterocycles. The molecule has 0 saturated carbocycles. The highest BCUT2D eigenvalue weighted by Gasteiger charge is 2.09. The first-order valence-electron chi connectivity index (χ1n) is 8.60. The fourth-order valence-corrected chi connectivity index (χ4v) is 2.48. The Kier molecular flexibility index (Phi) is 7.02. The Morgan fingerprint density at radius 2 is 1.73 bits per heavy atom. The number of benzene rings is 2. The largest absolute Gasteiger partial charge is 0.497 e. The van der Waals surface area contributed by atoms with Crippen molar-refractivity contribution in [3.05, 3.63) is 48.0 Å². The smallest absolute Gasteiger partial charge is 0.243 e. The molecule has 2 aromatic carbocycles. The lowest BCUT2D eigenvalue weighted by Gasteiger charge is -2.14. The average molecular weight is 355 g/mol. The van der Waals surface area contributed by atoms with Gasteiger partial charge in [0.2, 0.25) is 11.8 Å². The highest BCUT2D eigenvalue weighted by molar-refractivity contribution is 5.95. The van der Waals surface area contributed by atoms with Crippen molar-refractivity contribution in [2.45, 2.75) is 26.7 Å². The van der Waals surface area contributed by atoms with E-state index in [2.05, 4.69) is 16.0 Å². The van der Waals surface area contributed by atoms with Crippen molar-refractivity contribution >= 4 is 28.9 Å². The van der Waals surface area contributed by atoms with Crippen molar-refractivity contribution in [1.29, 1.82) is 0 Å². The Balaban J connectivity index is 1.96. The lowest BCUT2D eigenvalue weighted by atomic mass is 10.1. The van der Waals surface area contributed by atoms with Gasteiger partial charge in [-0.05, 0) is 43.2 Å². The number of nitrogens with one attached hydrogen (secondary N) is 3. The highest BCUT2D eigenvalue weighted by Crippen LogP contribution is 2.23. The Morgan fingerprint density at radius 1 is 1.00 bits per heavy atom. The van der Waals surface area contributed by atoms with Crippen LogP contribution in [0.15, 0.2) is 42.5 Å². The predicted octanol–water partition coefficient (Wildman–Crippen LogP) is 3.79. The molecule has 0 fully saturated rings.